The Morgan fingerprint density at radius 3 is 1.15 bits per heavy atom. The third-order valence-electron chi connectivity index (χ3n) is 9.34. The normalized spacial score (nSPS) is 16.0. The van der Waals surface area contributed by atoms with Crippen LogP contribution >= 0.6 is 49.6 Å². The van der Waals surface area contributed by atoms with Gasteiger partial charge in [0, 0.05) is 25.2 Å². The second-order valence-electron chi connectivity index (χ2n) is 12.4. The Kier molecular flexibility index (Phi) is 30.9. The Morgan fingerprint density at radius 2 is 0.894 bits per heavy atom. The van der Waals surface area contributed by atoms with Crippen molar-refractivity contribution in [1.82, 2.24) is 20.4 Å². The summed E-state index contributed by atoms with van der Waals surface area (Å²) in [7, 11) is 3.44. The first-order valence-electron chi connectivity index (χ1n) is 16.6. The summed E-state index contributed by atoms with van der Waals surface area (Å²) >= 11 is 0. The molecule has 11 heteroatoms. The van der Waals surface area contributed by atoms with Crippen LogP contribution in [0.25, 0.3) is 0 Å². The third-order valence-corrected chi connectivity index (χ3v) is 9.34. The minimum Gasteiger partial charge on any atom is -0.497 e. The zero-order chi connectivity index (χ0) is 30.2. The van der Waals surface area contributed by atoms with Crippen molar-refractivity contribution in [1.29, 1.82) is 0 Å². The molecule has 276 valence electrons. The molecule has 2 atom stereocenters. The summed E-state index contributed by atoms with van der Waals surface area (Å²) in [6.45, 7) is 18.8. The van der Waals surface area contributed by atoms with E-state index in [1.807, 2.05) is 0 Å². The molecule has 0 radical (unpaired) electrons. The van der Waals surface area contributed by atoms with Gasteiger partial charge in [0.2, 0.25) is 0 Å². The van der Waals surface area contributed by atoms with Gasteiger partial charge >= 0.3 is 0 Å². The summed E-state index contributed by atoms with van der Waals surface area (Å²) < 4.78 is 10.5. The molecule has 2 aliphatic heterocycles. The number of rotatable bonds is 14. The van der Waals surface area contributed by atoms with E-state index in [0.717, 1.165) is 49.3 Å². The number of piperidine rings is 2. The van der Waals surface area contributed by atoms with Gasteiger partial charge < -0.3 is 35.4 Å². The summed E-state index contributed by atoms with van der Waals surface area (Å²) in [5.41, 5.74) is 2.79. The third kappa shape index (κ3) is 18.5. The van der Waals surface area contributed by atoms with Crippen LogP contribution in [0.5, 0.6) is 11.5 Å². The van der Waals surface area contributed by atoms with E-state index >= 15 is 0 Å². The molecular formula is C36H66Cl4N4O3. The summed E-state index contributed by atoms with van der Waals surface area (Å²) in [5, 5.41) is 6.91. The second-order valence-corrected chi connectivity index (χ2v) is 12.4. The van der Waals surface area contributed by atoms with E-state index in [1.54, 1.807) is 14.2 Å². The molecule has 2 heterocycles. The van der Waals surface area contributed by atoms with E-state index in [2.05, 4.69) is 96.7 Å². The highest BCUT2D eigenvalue weighted by atomic mass is 35.5. The molecule has 0 aromatic heterocycles. The highest BCUT2D eigenvalue weighted by Crippen LogP contribution is 2.20. The summed E-state index contributed by atoms with van der Waals surface area (Å²) in [6.07, 6.45) is 7.53. The molecule has 2 aromatic rings. The van der Waals surface area contributed by atoms with Crippen LogP contribution in [0.2, 0.25) is 0 Å². The Labute approximate surface area is 311 Å². The number of nitrogens with zero attached hydrogens (tertiary/aromatic N) is 2. The highest BCUT2D eigenvalue weighted by Gasteiger charge is 2.21. The van der Waals surface area contributed by atoms with Crippen molar-refractivity contribution in [3.05, 3.63) is 59.7 Å². The van der Waals surface area contributed by atoms with E-state index in [1.165, 1.54) is 76.1 Å². The first-order valence-corrected chi connectivity index (χ1v) is 16.6. The van der Waals surface area contributed by atoms with Crippen molar-refractivity contribution in [3.8, 4) is 11.5 Å². The van der Waals surface area contributed by atoms with Crippen molar-refractivity contribution in [2.75, 3.05) is 66.6 Å². The lowest BCUT2D eigenvalue weighted by atomic mass is 9.96. The van der Waals surface area contributed by atoms with Gasteiger partial charge in [-0.05, 0) is 139 Å². The lowest BCUT2D eigenvalue weighted by molar-refractivity contribution is 0.167. The predicted octanol–water partition coefficient (Wildman–Crippen LogP) is 6.76. The van der Waals surface area contributed by atoms with Crippen LogP contribution in [0.1, 0.15) is 64.5 Å². The molecular weight excluding hydrogens is 678 g/mol. The largest absolute Gasteiger partial charge is 0.497 e. The molecule has 4 rings (SSSR count). The van der Waals surface area contributed by atoms with Crippen molar-refractivity contribution in [2.24, 2.45) is 11.8 Å². The zero-order valence-electron chi connectivity index (χ0n) is 29.7. The number of benzene rings is 2. The summed E-state index contributed by atoms with van der Waals surface area (Å²) in [4.78, 5) is 5.28. The van der Waals surface area contributed by atoms with Gasteiger partial charge in [-0.3, -0.25) is 0 Å². The van der Waals surface area contributed by atoms with E-state index in [9.17, 15) is 0 Å². The fourth-order valence-electron chi connectivity index (χ4n) is 6.50. The molecule has 2 saturated heterocycles. The van der Waals surface area contributed by atoms with Crippen molar-refractivity contribution in [2.45, 2.75) is 78.3 Å². The maximum atomic E-state index is 5.23. The SMILES string of the molecule is CCN(CC1CCNCC1)C(C)Cc1ccc(OC)cc1.CCN(CC1CCNCC1)C(C)Cc1ccc(OC)cc1.Cl.Cl.Cl.Cl.O. The summed E-state index contributed by atoms with van der Waals surface area (Å²) in [6, 6.07) is 18.2. The number of hydrogen-bond donors (Lipinski definition) is 2. The molecule has 0 spiro atoms. The van der Waals surface area contributed by atoms with Crippen LogP contribution in [0.15, 0.2) is 48.5 Å². The first-order chi connectivity index (χ1) is 20.4. The highest BCUT2D eigenvalue weighted by molar-refractivity contribution is 5.86. The Morgan fingerprint density at radius 1 is 0.596 bits per heavy atom. The Balaban J connectivity index is -0.000000745. The van der Waals surface area contributed by atoms with Crippen LogP contribution in [0, 0.1) is 11.8 Å². The van der Waals surface area contributed by atoms with E-state index in [-0.39, 0.29) is 55.1 Å². The topological polar surface area (TPSA) is 80.5 Å². The van der Waals surface area contributed by atoms with Crippen LogP contribution in [-0.4, -0.2) is 93.9 Å². The Bertz CT molecular complexity index is 900. The lowest BCUT2D eigenvalue weighted by Crippen LogP contribution is -2.41. The maximum Gasteiger partial charge on any atom is 0.118 e. The molecule has 7 nitrogen and oxygen atoms in total. The zero-order valence-corrected chi connectivity index (χ0v) is 32.9. The van der Waals surface area contributed by atoms with Crippen molar-refractivity contribution in [3.63, 3.8) is 0 Å². The Hall–Kier alpha value is -1.000. The van der Waals surface area contributed by atoms with Crippen LogP contribution in [-0.2, 0) is 12.8 Å². The minimum absolute atomic E-state index is 0. The maximum absolute atomic E-state index is 5.23. The van der Waals surface area contributed by atoms with Gasteiger partial charge in [-0.2, -0.15) is 0 Å². The summed E-state index contributed by atoms with van der Waals surface area (Å²) in [5.74, 6) is 3.61. The average molecular weight is 745 g/mol. The number of ether oxygens (including phenoxy) is 2. The fraction of sp³-hybridized carbons (Fsp3) is 0.667. The quantitative estimate of drug-likeness (QED) is 0.223. The number of nitrogens with one attached hydrogen (secondary N) is 2. The van der Waals surface area contributed by atoms with E-state index in [4.69, 9.17) is 9.47 Å². The monoisotopic (exact) mass is 742 g/mol. The van der Waals surface area contributed by atoms with E-state index in [0.29, 0.717) is 12.1 Å². The molecule has 2 aromatic carbocycles. The number of likely N-dealkylation sites (N-methyl/N-ethyl adjacent to an activating group) is 2. The minimum atomic E-state index is 0. The van der Waals surface area contributed by atoms with Crippen LogP contribution in [0.3, 0.4) is 0 Å². The van der Waals surface area contributed by atoms with Crippen LogP contribution < -0.4 is 20.1 Å². The molecule has 0 saturated carbocycles. The standard InChI is InChI=1S/2C18H30N2O.4ClH.H2O/c2*1-4-20(14-17-9-11-19-12-10-17)15(2)13-16-5-7-18(21-3)8-6-16;;;;;/h2*5-8,15,17,19H,4,9-14H2,1-3H3;4*1H;1H2. The molecule has 0 aliphatic carbocycles. The molecule has 2 fully saturated rings. The molecule has 0 bridgehead atoms. The van der Waals surface area contributed by atoms with Crippen molar-refractivity contribution < 1.29 is 14.9 Å². The first kappa shape index (κ1) is 50.4. The smallest absolute Gasteiger partial charge is 0.118 e. The van der Waals surface area contributed by atoms with Gasteiger partial charge in [-0.15, -0.1) is 49.6 Å². The molecule has 47 heavy (non-hydrogen) atoms. The predicted molar refractivity (Wildman–Crippen MR) is 211 cm³/mol. The number of halogens is 4. The van der Waals surface area contributed by atoms with Crippen molar-refractivity contribution >= 4 is 49.6 Å². The van der Waals surface area contributed by atoms with Crippen LogP contribution in [0.4, 0.5) is 0 Å². The van der Waals surface area contributed by atoms with Gasteiger partial charge in [0.05, 0.1) is 14.2 Å². The van der Waals surface area contributed by atoms with Gasteiger partial charge in [0.1, 0.15) is 11.5 Å². The van der Waals surface area contributed by atoms with E-state index < -0.39 is 0 Å². The number of hydrogen-bond acceptors (Lipinski definition) is 6. The average Bonchev–Trinajstić information content (AvgIpc) is 3.04. The molecule has 2 aliphatic rings. The number of methoxy groups -OCH3 is 2. The van der Waals surface area contributed by atoms with Gasteiger partial charge in [-0.25, -0.2) is 0 Å². The van der Waals surface area contributed by atoms with Gasteiger partial charge in [0.15, 0.2) is 0 Å². The molecule has 4 N–H and O–H groups in total. The molecule has 2 unspecified atom stereocenters. The van der Waals surface area contributed by atoms with Gasteiger partial charge in [-0.1, -0.05) is 38.1 Å². The second kappa shape index (κ2) is 28.8. The fourth-order valence-corrected chi connectivity index (χ4v) is 6.50. The van der Waals surface area contributed by atoms with Gasteiger partial charge in [0.25, 0.3) is 0 Å². The lowest BCUT2D eigenvalue weighted by Gasteiger charge is -2.33. The molecule has 0 amide bonds.